The van der Waals surface area contributed by atoms with E-state index in [9.17, 15) is 10.2 Å². The molecule has 4 N–H and O–H groups in total. The first kappa shape index (κ1) is 13.5. The average molecular weight is 244 g/mol. The molecule has 0 saturated carbocycles. The third kappa shape index (κ3) is 4.11. The Bertz CT molecular complexity index is 293. The molecule has 0 heterocycles. The van der Waals surface area contributed by atoms with Crippen molar-refractivity contribution in [3.05, 3.63) is 30.3 Å². The first-order valence-corrected chi connectivity index (χ1v) is 5.96. The number of rotatable bonds is 6. The second-order valence-electron chi connectivity index (χ2n) is 3.43. The molecule has 0 fully saturated rings. The quantitative estimate of drug-likeness (QED) is 0.523. The molecule has 0 bridgehead atoms. The molecule has 1 rings (SSSR count). The highest BCUT2D eigenvalue weighted by molar-refractivity contribution is 7.99. The molecule has 0 radical (unpaired) electrons. The van der Waals surface area contributed by atoms with Gasteiger partial charge in [0.05, 0.1) is 12.7 Å². The SMILES string of the molecule is OCC(O)[C@@H](O)[C@@H](O)CSc1ccccc1. The summed E-state index contributed by atoms with van der Waals surface area (Å²) in [5.74, 6) is 0.266. The predicted molar refractivity (Wildman–Crippen MR) is 62.3 cm³/mol. The number of benzene rings is 1. The van der Waals surface area contributed by atoms with Crippen molar-refractivity contribution >= 4 is 11.8 Å². The first-order valence-electron chi connectivity index (χ1n) is 4.98. The maximum absolute atomic E-state index is 9.54. The fourth-order valence-corrected chi connectivity index (χ4v) is 2.07. The van der Waals surface area contributed by atoms with Gasteiger partial charge in [-0.05, 0) is 12.1 Å². The molecule has 0 saturated heterocycles. The Labute approximate surface area is 98.6 Å². The second kappa shape index (κ2) is 6.88. The van der Waals surface area contributed by atoms with Gasteiger partial charge >= 0.3 is 0 Å². The molecule has 0 aliphatic heterocycles. The second-order valence-corrected chi connectivity index (χ2v) is 4.53. The van der Waals surface area contributed by atoms with E-state index in [2.05, 4.69) is 0 Å². The van der Waals surface area contributed by atoms with Crippen molar-refractivity contribution in [2.45, 2.75) is 23.2 Å². The lowest BCUT2D eigenvalue weighted by Crippen LogP contribution is -2.40. The smallest absolute Gasteiger partial charge is 0.109 e. The van der Waals surface area contributed by atoms with E-state index in [4.69, 9.17) is 10.2 Å². The van der Waals surface area contributed by atoms with Crippen molar-refractivity contribution in [2.75, 3.05) is 12.4 Å². The van der Waals surface area contributed by atoms with Crippen LogP contribution in [0.3, 0.4) is 0 Å². The van der Waals surface area contributed by atoms with Crippen LogP contribution < -0.4 is 0 Å². The summed E-state index contributed by atoms with van der Waals surface area (Å²) in [5.41, 5.74) is 0. The minimum Gasteiger partial charge on any atom is -0.394 e. The molecule has 1 aromatic carbocycles. The summed E-state index contributed by atoms with van der Waals surface area (Å²) in [4.78, 5) is 0.979. The summed E-state index contributed by atoms with van der Waals surface area (Å²) in [6.07, 6.45) is -3.68. The van der Waals surface area contributed by atoms with Gasteiger partial charge in [0.15, 0.2) is 0 Å². The van der Waals surface area contributed by atoms with Crippen LogP contribution >= 0.6 is 11.8 Å². The monoisotopic (exact) mass is 244 g/mol. The van der Waals surface area contributed by atoms with Crippen molar-refractivity contribution in [3.8, 4) is 0 Å². The van der Waals surface area contributed by atoms with Crippen LogP contribution in [0.15, 0.2) is 35.2 Å². The minimum atomic E-state index is -1.32. The minimum absolute atomic E-state index is 0.266. The van der Waals surface area contributed by atoms with Crippen molar-refractivity contribution < 1.29 is 20.4 Å². The van der Waals surface area contributed by atoms with Crippen molar-refractivity contribution in [1.29, 1.82) is 0 Å². The number of thioether (sulfide) groups is 1. The molecule has 90 valence electrons. The van der Waals surface area contributed by atoms with Crippen molar-refractivity contribution in [1.82, 2.24) is 0 Å². The van der Waals surface area contributed by atoms with Crippen molar-refractivity contribution in [3.63, 3.8) is 0 Å². The highest BCUT2D eigenvalue weighted by Crippen LogP contribution is 2.19. The molecule has 5 heteroatoms. The number of hydrogen-bond acceptors (Lipinski definition) is 5. The van der Waals surface area contributed by atoms with Gasteiger partial charge in [0.2, 0.25) is 0 Å². The lowest BCUT2D eigenvalue weighted by atomic mass is 10.1. The summed E-state index contributed by atoms with van der Waals surface area (Å²) < 4.78 is 0. The summed E-state index contributed by atoms with van der Waals surface area (Å²) in [7, 11) is 0. The summed E-state index contributed by atoms with van der Waals surface area (Å²) in [6.45, 7) is -0.561. The maximum Gasteiger partial charge on any atom is 0.109 e. The zero-order valence-corrected chi connectivity index (χ0v) is 9.55. The molecule has 3 atom stereocenters. The number of aliphatic hydroxyl groups is 4. The van der Waals surface area contributed by atoms with E-state index in [0.717, 1.165) is 4.90 Å². The molecule has 0 aliphatic rings. The van der Waals surface area contributed by atoms with Crippen LogP contribution in [0.25, 0.3) is 0 Å². The lowest BCUT2D eigenvalue weighted by molar-refractivity contribution is -0.0683. The van der Waals surface area contributed by atoms with E-state index in [-0.39, 0.29) is 5.75 Å². The van der Waals surface area contributed by atoms with E-state index in [1.165, 1.54) is 11.8 Å². The molecule has 0 spiro atoms. The largest absolute Gasteiger partial charge is 0.394 e. The zero-order valence-electron chi connectivity index (χ0n) is 8.73. The van der Waals surface area contributed by atoms with Crippen LogP contribution in [0.5, 0.6) is 0 Å². The first-order chi connectivity index (χ1) is 7.65. The van der Waals surface area contributed by atoms with Gasteiger partial charge in [0.1, 0.15) is 12.2 Å². The van der Waals surface area contributed by atoms with Gasteiger partial charge in [-0.15, -0.1) is 11.8 Å². The fraction of sp³-hybridized carbons (Fsp3) is 0.455. The molecular weight excluding hydrogens is 228 g/mol. The van der Waals surface area contributed by atoms with Crippen LogP contribution in [0, 0.1) is 0 Å². The fourth-order valence-electron chi connectivity index (χ4n) is 1.16. The third-order valence-electron chi connectivity index (χ3n) is 2.14. The topological polar surface area (TPSA) is 80.9 Å². The predicted octanol–water partition coefficient (Wildman–Crippen LogP) is -0.146. The molecule has 0 aromatic heterocycles. The number of aliphatic hydroxyl groups excluding tert-OH is 4. The zero-order chi connectivity index (χ0) is 12.0. The Balaban J connectivity index is 2.38. The molecule has 0 aliphatic carbocycles. The molecule has 1 unspecified atom stereocenters. The summed E-state index contributed by atoms with van der Waals surface area (Å²) in [5, 5.41) is 36.7. The third-order valence-corrected chi connectivity index (χ3v) is 3.25. The van der Waals surface area contributed by atoms with Crippen LogP contribution in [-0.2, 0) is 0 Å². The van der Waals surface area contributed by atoms with Crippen LogP contribution in [0.1, 0.15) is 0 Å². The Morgan fingerprint density at radius 1 is 1.00 bits per heavy atom. The van der Waals surface area contributed by atoms with Crippen LogP contribution in [0.2, 0.25) is 0 Å². The van der Waals surface area contributed by atoms with E-state index < -0.39 is 24.9 Å². The van der Waals surface area contributed by atoms with E-state index in [1.807, 2.05) is 30.3 Å². The van der Waals surface area contributed by atoms with Gasteiger partial charge in [0, 0.05) is 10.6 Å². The standard InChI is InChI=1S/C11H16O4S/c12-6-9(13)11(15)10(14)7-16-8-4-2-1-3-5-8/h1-5,9-15H,6-7H2/t9?,10-,11+/m0/s1. The Morgan fingerprint density at radius 3 is 2.19 bits per heavy atom. The molecular formula is C11H16O4S. The Kier molecular flexibility index (Phi) is 5.79. The normalized spacial score (nSPS) is 16.8. The number of hydrogen-bond donors (Lipinski definition) is 4. The van der Waals surface area contributed by atoms with E-state index >= 15 is 0 Å². The van der Waals surface area contributed by atoms with Gasteiger partial charge in [0.25, 0.3) is 0 Å². The molecule has 16 heavy (non-hydrogen) atoms. The maximum atomic E-state index is 9.54. The van der Waals surface area contributed by atoms with Gasteiger partial charge in [-0.3, -0.25) is 0 Å². The molecule has 0 amide bonds. The summed E-state index contributed by atoms with van der Waals surface area (Å²) in [6, 6.07) is 9.45. The van der Waals surface area contributed by atoms with E-state index in [1.54, 1.807) is 0 Å². The average Bonchev–Trinajstić information content (AvgIpc) is 2.35. The van der Waals surface area contributed by atoms with Crippen LogP contribution in [0.4, 0.5) is 0 Å². The van der Waals surface area contributed by atoms with E-state index in [0.29, 0.717) is 0 Å². The van der Waals surface area contributed by atoms with Crippen molar-refractivity contribution in [2.24, 2.45) is 0 Å². The van der Waals surface area contributed by atoms with Gasteiger partial charge in [-0.2, -0.15) is 0 Å². The van der Waals surface area contributed by atoms with Gasteiger partial charge in [-0.1, -0.05) is 18.2 Å². The summed E-state index contributed by atoms with van der Waals surface area (Å²) >= 11 is 1.38. The Hall–Kier alpha value is -0.590. The van der Waals surface area contributed by atoms with Gasteiger partial charge in [-0.25, -0.2) is 0 Å². The lowest BCUT2D eigenvalue weighted by Gasteiger charge is -2.21. The molecule has 4 nitrogen and oxygen atoms in total. The highest BCUT2D eigenvalue weighted by atomic mass is 32.2. The molecule has 1 aromatic rings. The van der Waals surface area contributed by atoms with Crippen LogP contribution in [-0.4, -0.2) is 51.1 Å². The Morgan fingerprint density at radius 2 is 1.62 bits per heavy atom. The highest BCUT2D eigenvalue weighted by Gasteiger charge is 2.23. The van der Waals surface area contributed by atoms with Gasteiger partial charge < -0.3 is 20.4 Å².